The zero-order valence-electron chi connectivity index (χ0n) is 18.1. The molecule has 0 spiro atoms. The lowest BCUT2D eigenvalue weighted by molar-refractivity contribution is -0.137. The van der Waals surface area contributed by atoms with Gasteiger partial charge in [0.15, 0.2) is 0 Å². The fourth-order valence-corrected chi connectivity index (χ4v) is 3.13. The molecule has 0 aliphatic rings. The molecule has 1 amide bonds. The van der Waals surface area contributed by atoms with Crippen LogP contribution in [0.3, 0.4) is 0 Å². The van der Waals surface area contributed by atoms with Gasteiger partial charge in [0, 0.05) is 18.5 Å². The van der Waals surface area contributed by atoms with Crippen LogP contribution in [0.4, 0.5) is 0 Å². The number of allylic oxidation sites excluding steroid dienone is 1. The highest BCUT2D eigenvalue weighted by Gasteiger charge is 2.15. The summed E-state index contributed by atoms with van der Waals surface area (Å²) in [5, 5.41) is 9.96. The van der Waals surface area contributed by atoms with Crippen molar-refractivity contribution >= 4 is 18.0 Å². The van der Waals surface area contributed by atoms with Gasteiger partial charge in [0.05, 0.1) is 7.11 Å². The predicted molar refractivity (Wildman–Crippen MR) is 118 cm³/mol. The zero-order chi connectivity index (χ0) is 21.3. The standard InChI is InChI=1S/C24H37NO4/c1-3-4-5-6-7-8-9-10-11-14-21-16-18-22(19-17-21)24(28)25(29-2)20-13-12-15-23(26)27/h11,14,16-19H,3-10,12-13,15,20H2,1-2H3,(H,26,27). The Hall–Kier alpha value is -2.14. The summed E-state index contributed by atoms with van der Waals surface area (Å²) in [6.45, 7) is 2.62. The van der Waals surface area contributed by atoms with Crippen LogP contribution in [0.25, 0.3) is 6.08 Å². The molecular formula is C24H37NO4. The first-order valence-electron chi connectivity index (χ1n) is 10.9. The van der Waals surface area contributed by atoms with Crippen molar-refractivity contribution in [3.8, 4) is 0 Å². The topological polar surface area (TPSA) is 66.8 Å². The van der Waals surface area contributed by atoms with E-state index in [2.05, 4.69) is 19.1 Å². The van der Waals surface area contributed by atoms with Crippen LogP contribution >= 0.6 is 0 Å². The van der Waals surface area contributed by atoms with Gasteiger partial charge < -0.3 is 5.11 Å². The Kier molecular flexibility index (Phi) is 13.5. The van der Waals surface area contributed by atoms with E-state index in [9.17, 15) is 9.59 Å². The molecule has 0 heterocycles. The highest BCUT2D eigenvalue weighted by molar-refractivity contribution is 5.93. The normalized spacial score (nSPS) is 11.1. The van der Waals surface area contributed by atoms with E-state index >= 15 is 0 Å². The van der Waals surface area contributed by atoms with Crippen molar-refractivity contribution in [3.05, 3.63) is 41.5 Å². The fraction of sp³-hybridized carbons (Fsp3) is 0.583. The molecule has 0 radical (unpaired) electrons. The summed E-state index contributed by atoms with van der Waals surface area (Å²) in [5.74, 6) is -1.03. The van der Waals surface area contributed by atoms with Gasteiger partial charge in [-0.25, -0.2) is 5.06 Å². The average Bonchev–Trinajstić information content (AvgIpc) is 2.72. The molecule has 0 saturated heterocycles. The molecule has 5 nitrogen and oxygen atoms in total. The van der Waals surface area contributed by atoms with E-state index < -0.39 is 5.97 Å². The van der Waals surface area contributed by atoms with Crippen molar-refractivity contribution in [1.82, 2.24) is 5.06 Å². The minimum Gasteiger partial charge on any atom is -0.481 e. The third-order valence-electron chi connectivity index (χ3n) is 4.89. The van der Waals surface area contributed by atoms with Crippen LogP contribution in [-0.2, 0) is 9.63 Å². The number of rotatable bonds is 16. The number of carboxylic acids is 1. The van der Waals surface area contributed by atoms with E-state index in [1.165, 1.54) is 57.1 Å². The molecule has 0 aromatic heterocycles. The van der Waals surface area contributed by atoms with Crippen LogP contribution in [0.5, 0.6) is 0 Å². The second kappa shape index (κ2) is 15.7. The van der Waals surface area contributed by atoms with E-state index in [-0.39, 0.29) is 12.3 Å². The first-order valence-corrected chi connectivity index (χ1v) is 10.9. The van der Waals surface area contributed by atoms with Gasteiger partial charge in [-0.15, -0.1) is 0 Å². The van der Waals surface area contributed by atoms with Gasteiger partial charge in [-0.3, -0.25) is 14.4 Å². The summed E-state index contributed by atoms with van der Waals surface area (Å²) >= 11 is 0. The van der Waals surface area contributed by atoms with E-state index in [4.69, 9.17) is 9.94 Å². The fourth-order valence-electron chi connectivity index (χ4n) is 3.13. The van der Waals surface area contributed by atoms with E-state index in [0.717, 1.165) is 12.0 Å². The third-order valence-corrected chi connectivity index (χ3v) is 4.89. The van der Waals surface area contributed by atoms with Crippen molar-refractivity contribution in [3.63, 3.8) is 0 Å². The second-order valence-electron chi connectivity index (χ2n) is 7.38. The van der Waals surface area contributed by atoms with Crippen LogP contribution in [0.15, 0.2) is 30.3 Å². The summed E-state index contributed by atoms with van der Waals surface area (Å²) in [5.41, 5.74) is 1.64. The number of nitrogens with zero attached hydrogens (tertiary/aromatic N) is 1. The highest BCUT2D eigenvalue weighted by Crippen LogP contribution is 2.12. The Morgan fingerprint density at radius 3 is 2.24 bits per heavy atom. The Balaban J connectivity index is 2.35. The molecule has 0 aliphatic heterocycles. The van der Waals surface area contributed by atoms with Gasteiger partial charge in [-0.1, -0.05) is 69.7 Å². The molecule has 162 valence electrons. The van der Waals surface area contributed by atoms with E-state index in [1.54, 1.807) is 12.1 Å². The van der Waals surface area contributed by atoms with Crippen LogP contribution < -0.4 is 0 Å². The third kappa shape index (κ3) is 11.4. The lowest BCUT2D eigenvalue weighted by Gasteiger charge is -2.19. The molecule has 0 atom stereocenters. The molecule has 1 N–H and O–H groups in total. The number of carboxylic acid groups (broad SMARTS) is 1. The Bertz CT molecular complexity index is 610. The number of hydrogen-bond donors (Lipinski definition) is 1. The SMILES string of the molecule is CCCCCCCCCC=Cc1ccc(C(=O)N(CCCCC(=O)O)OC)cc1. The first kappa shape index (κ1) is 24.9. The zero-order valence-corrected chi connectivity index (χ0v) is 18.1. The van der Waals surface area contributed by atoms with E-state index in [1.807, 2.05) is 12.1 Å². The van der Waals surface area contributed by atoms with Crippen molar-refractivity contribution in [2.45, 2.75) is 77.6 Å². The number of benzene rings is 1. The largest absolute Gasteiger partial charge is 0.481 e. The number of carbonyl (C=O) groups is 2. The molecule has 1 rings (SSSR count). The minimum absolute atomic E-state index is 0.103. The summed E-state index contributed by atoms with van der Waals surface area (Å²) in [4.78, 5) is 28.2. The second-order valence-corrected chi connectivity index (χ2v) is 7.38. The summed E-state index contributed by atoms with van der Waals surface area (Å²) < 4.78 is 0. The number of aliphatic carboxylic acids is 1. The maximum absolute atomic E-state index is 12.5. The monoisotopic (exact) mass is 403 g/mol. The van der Waals surface area contributed by atoms with Gasteiger partial charge in [-0.05, 0) is 43.4 Å². The molecule has 1 aromatic carbocycles. The van der Waals surface area contributed by atoms with Gasteiger partial charge in [0.1, 0.15) is 0 Å². The smallest absolute Gasteiger partial charge is 0.303 e. The first-order chi connectivity index (χ1) is 14.1. The highest BCUT2D eigenvalue weighted by atomic mass is 16.7. The Morgan fingerprint density at radius 2 is 1.62 bits per heavy atom. The summed E-state index contributed by atoms with van der Waals surface area (Å²) in [7, 11) is 1.45. The van der Waals surface area contributed by atoms with Crippen LogP contribution in [0, 0.1) is 0 Å². The molecular weight excluding hydrogens is 366 g/mol. The minimum atomic E-state index is -0.823. The Labute approximate surface area is 175 Å². The van der Waals surface area contributed by atoms with Crippen LogP contribution in [-0.4, -0.2) is 35.7 Å². The molecule has 0 unspecified atom stereocenters. The number of hydrogen-bond acceptors (Lipinski definition) is 3. The molecule has 5 heteroatoms. The molecule has 29 heavy (non-hydrogen) atoms. The number of amides is 1. The van der Waals surface area contributed by atoms with Gasteiger partial charge in [-0.2, -0.15) is 0 Å². The van der Waals surface area contributed by atoms with Crippen LogP contribution in [0.1, 0.15) is 93.5 Å². The van der Waals surface area contributed by atoms with E-state index in [0.29, 0.717) is 24.9 Å². The van der Waals surface area contributed by atoms with Gasteiger partial charge in [0.2, 0.25) is 0 Å². The predicted octanol–water partition coefficient (Wildman–Crippen LogP) is 6.10. The van der Waals surface area contributed by atoms with Crippen molar-refractivity contribution in [1.29, 1.82) is 0 Å². The number of unbranched alkanes of at least 4 members (excludes halogenated alkanes) is 8. The summed E-state index contributed by atoms with van der Waals surface area (Å²) in [6.07, 6.45) is 15.8. The summed E-state index contributed by atoms with van der Waals surface area (Å²) in [6, 6.07) is 7.48. The molecule has 0 aliphatic carbocycles. The van der Waals surface area contributed by atoms with Crippen molar-refractivity contribution in [2.75, 3.05) is 13.7 Å². The lowest BCUT2D eigenvalue weighted by atomic mass is 10.1. The molecule has 0 bridgehead atoms. The molecule has 1 aromatic rings. The molecule has 0 fully saturated rings. The quantitative estimate of drug-likeness (QED) is 0.267. The maximum atomic E-state index is 12.5. The van der Waals surface area contributed by atoms with Crippen molar-refractivity contribution < 1.29 is 19.5 Å². The van der Waals surface area contributed by atoms with Crippen LogP contribution in [0.2, 0.25) is 0 Å². The lowest BCUT2D eigenvalue weighted by Crippen LogP contribution is -2.31. The van der Waals surface area contributed by atoms with Crippen molar-refractivity contribution in [2.24, 2.45) is 0 Å². The van der Waals surface area contributed by atoms with Gasteiger partial charge >= 0.3 is 5.97 Å². The number of carbonyl (C=O) groups excluding carboxylic acids is 1. The molecule has 0 saturated carbocycles. The average molecular weight is 404 g/mol. The van der Waals surface area contributed by atoms with Gasteiger partial charge in [0.25, 0.3) is 5.91 Å². The number of hydroxylamine groups is 2. The Morgan fingerprint density at radius 1 is 0.966 bits per heavy atom. The maximum Gasteiger partial charge on any atom is 0.303 e.